The largest absolute Gasteiger partial charge is 0.468 e. The molecule has 0 N–H and O–H groups in total. The molecule has 3 fully saturated rings. The van der Waals surface area contributed by atoms with Crippen LogP contribution in [-0.4, -0.2) is 93.0 Å². The Labute approximate surface area is 613 Å². The smallest absolute Gasteiger partial charge is 0.326 e. The van der Waals surface area contributed by atoms with Crippen LogP contribution in [0.5, 0.6) is 0 Å². The van der Waals surface area contributed by atoms with Crippen LogP contribution in [0.2, 0.25) is 0 Å². The Kier molecular flexibility index (Phi) is 6.78. The molecular weight excluding hydrogens is 1510 g/mol. The number of methoxy groups -OCH3 is 3. The van der Waals surface area contributed by atoms with Crippen LogP contribution in [0.25, 0.3) is 227 Å². The van der Waals surface area contributed by atoms with E-state index in [0.29, 0.717) is 19.3 Å². The molecule has 0 bridgehead atoms. The molecular formula is C90H45Br3O12. The van der Waals surface area contributed by atoms with Crippen LogP contribution in [0.15, 0.2) is 0 Å². The van der Waals surface area contributed by atoms with E-state index in [-0.39, 0.29) is 19.8 Å². The SMILES string of the molecule is COC(=O)C1(C(=O)OCCCCCCBr)C23c4c5c6c7c8c4-c4c2c2c9c%10c%11c%12c(c-5c5c%13c%14c%15c%16c%17c(c-7c7c%18c%19c%20c%21c(c4C%204C(C(=O)OC)(C(=O)OCCCCCCBr)C874)c2c2c9c4c%11c7c(c%13%12)c%14c8c%16c9c(c%18%17)c%19c%11c%21c2c2c4c7c8c9c%112)C%152C(C(=O)OC)(C(=O)OCCCCCCBr)C652)C%1013. The molecule has 498 valence electrons. The summed E-state index contributed by atoms with van der Waals surface area (Å²) in [7, 11) is 4.38. The predicted molar refractivity (Wildman–Crippen MR) is 410 cm³/mol. The molecule has 105 heavy (non-hydrogen) atoms. The van der Waals surface area contributed by atoms with Gasteiger partial charge in [0.1, 0.15) is 0 Å². The van der Waals surface area contributed by atoms with Gasteiger partial charge in [0, 0.05) is 16.0 Å². The van der Waals surface area contributed by atoms with Gasteiger partial charge < -0.3 is 28.4 Å². The van der Waals surface area contributed by atoms with E-state index in [1.165, 1.54) is 134 Å². The average molecular weight is 1560 g/mol. The predicted octanol–water partition coefficient (Wildman–Crippen LogP) is 18.3. The standard InChI is InChI=1S/C90H45Br3O12/c1-100-76(94)88(79(97)103-19-13-7-4-10-16-91)82-64-46-37-28-22-25-23-27-24-26(22)32-39-30(24)36-42-33(27)38-29(23)34-40(31(25)37)49(64)55-44(34)53-47(38)65-51(42)57-45(36)54-48(39)66-50-41(32)35(28)43-52(46)67(82)58-61-73-62-59(70(55)85(73,82)88)68(53)83(65)87(89(83,77(95)101-2)80(98)104-20-14-8-5-11-17-92)72(57)60-63(75(62)87)74(61)86(71(58)56(43)50)84(66,69(54)60)90(86,78(96)102-3)81(99)105-21-15-9-6-12-18-93/h4-21H2,1-3H3. The van der Waals surface area contributed by atoms with Crippen LogP contribution < -0.4 is 0 Å². The minimum atomic E-state index is -2.10. The van der Waals surface area contributed by atoms with Gasteiger partial charge in [-0.05, 0) is 333 Å². The Morgan fingerprint density at radius 1 is 0.210 bits per heavy atom. The van der Waals surface area contributed by atoms with Crippen molar-refractivity contribution in [1.29, 1.82) is 0 Å². The molecule has 0 amide bonds. The maximum atomic E-state index is 17.9. The van der Waals surface area contributed by atoms with Crippen molar-refractivity contribution in [1.82, 2.24) is 0 Å². The molecule has 3 saturated carbocycles. The number of hydrogen-bond acceptors (Lipinski definition) is 12. The second-order valence-electron chi connectivity index (χ2n) is 35.2. The van der Waals surface area contributed by atoms with Crippen molar-refractivity contribution in [3.05, 3.63) is 66.8 Å². The molecule has 9 atom stereocenters. The van der Waals surface area contributed by atoms with Gasteiger partial charge in [-0.2, -0.15) is 0 Å². The van der Waals surface area contributed by atoms with Crippen LogP contribution in [0.3, 0.4) is 0 Å². The lowest BCUT2D eigenvalue weighted by molar-refractivity contribution is -0.166. The summed E-state index contributed by atoms with van der Waals surface area (Å²) in [4.78, 5) is 106. The lowest BCUT2D eigenvalue weighted by Gasteiger charge is -2.35. The highest BCUT2D eigenvalue weighted by Crippen LogP contribution is 3.07. The zero-order valence-electron chi connectivity index (χ0n) is 56.3. The molecule has 0 radical (unpaired) electrons. The van der Waals surface area contributed by atoms with Crippen molar-refractivity contribution in [2.45, 2.75) is 110 Å². The first-order valence-electron chi connectivity index (χ1n) is 38.3. The topological polar surface area (TPSA) is 158 Å². The van der Waals surface area contributed by atoms with Crippen molar-refractivity contribution >= 4 is 278 Å². The maximum Gasteiger partial charge on any atom is 0.326 e. The van der Waals surface area contributed by atoms with Crippen molar-refractivity contribution < 1.29 is 57.2 Å². The lowest BCUT2D eigenvalue weighted by atomic mass is 9.65. The zero-order chi connectivity index (χ0) is 68.1. The van der Waals surface area contributed by atoms with E-state index in [2.05, 4.69) is 47.8 Å². The fourth-order valence-corrected chi connectivity index (χ4v) is 34.9. The third kappa shape index (κ3) is 3.26. The summed E-state index contributed by atoms with van der Waals surface area (Å²) >= 11 is 11.0. The third-order valence-electron chi connectivity index (χ3n) is 34.3. The highest BCUT2D eigenvalue weighted by molar-refractivity contribution is 9.09. The van der Waals surface area contributed by atoms with Crippen LogP contribution in [0, 0.1) is 16.2 Å². The second-order valence-corrected chi connectivity index (χ2v) is 37.6. The number of unbranched alkanes of at least 4 members (excludes halogenated alkanes) is 9. The minimum absolute atomic E-state index is 0.0945. The van der Waals surface area contributed by atoms with Crippen molar-refractivity contribution in [2.24, 2.45) is 16.2 Å². The van der Waals surface area contributed by atoms with E-state index in [0.717, 1.165) is 255 Å². The molecule has 15 heteroatoms. The van der Waals surface area contributed by atoms with E-state index >= 15 is 28.8 Å². The van der Waals surface area contributed by atoms with E-state index in [9.17, 15) is 0 Å². The van der Waals surface area contributed by atoms with Gasteiger partial charge in [0.15, 0.2) is 16.2 Å². The normalized spacial score (nSPS) is 29.5. The summed E-state index contributed by atoms with van der Waals surface area (Å²) in [6.45, 7) is 0.283. The first kappa shape index (κ1) is 52.3. The van der Waals surface area contributed by atoms with Gasteiger partial charge in [-0.3, -0.25) is 28.8 Å². The number of rotatable bonds is 24. The quantitative estimate of drug-likeness (QED) is 0.0141. The fourth-order valence-electron chi connectivity index (χ4n) is 33.7. The van der Waals surface area contributed by atoms with Crippen LogP contribution >= 0.6 is 47.8 Å². The molecule has 9 unspecified atom stereocenters. The van der Waals surface area contributed by atoms with Gasteiger partial charge in [-0.1, -0.05) is 86.3 Å². The fraction of sp³-hybridized carbons (Fsp3) is 0.333. The first-order chi connectivity index (χ1) is 51.6. The maximum absolute atomic E-state index is 17.9. The number of benzene rings is 14. The molecule has 35 rings (SSSR count). The highest BCUT2D eigenvalue weighted by atomic mass is 79.9. The van der Waals surface area contributed by atoms with Crippen LogP contribution in [0.4, 0.5) is 0 Å². The zero-order valence-corrected chi connectivity index (χ0v) is 61.0. The van der Waals surface area contributed by atoms with Crippen molar-refractivity contribution in [3.63, 3.8) is 0 Å². The van der Waals surface area contributed by atoms with Gasteiger partial charge in [-0.15, -0.1) is 0 Å². The van der Waals surface area contributed by atoms with Crippen molar-refractivity contribution in [3.8, 4) is 33.4 Å². The van der Waals surface area contributed by atoms with Gasteiger partial charge in [-0.25, -0.2) is 0 Å². The molecule has 20 aromatic rings. The van der Waals surface area contributed by atoms with Gasteiger partial charge in [0.05, 0.1) is 73.6 Å². The highest BCUT2D eigenvalue weighted by Gasteiger charge is 3.10. The average Bonchev–Trinajstić information content (AvgIpc) is 1.38. The van der Waals surface area contributed by atoms with Crippen molar-refractivity contribution in [2.75, 3.05) is 57.1 Å². The Hall–Kier alpha value is -8.76. The summed E-state index contributed by atoms with van der Waals surface area (Å²) < 4.78 is 41.3. The third-order valence-corrected chi connectivity index (χ3v) is 36.0. The Morgan fingerprint density at radius 3 is 0.571 bits per heavy atom. The van der Waals surface area contributed by atoms with Gasteiger partial charge in [0.25, 0.3) is 0 Å². The molecule has 20 aromatic carbocycles. The Bertz CT molecular complexity index is 7440. The number of esters is 6. The summed E-state index contributed by atoms with van der Waals surface area (Å²) in [5.41, 5.74) is 0.821. The van der Waals surface area contributed by atoms with E-state index in [1.807, 2.05) is 0 Å². The number of carbonyl (C=O) groups excluding carboxylic acids is 6. The minimum Gasteiger partial charge on any atom is -0.468 e. The number of halogens is 3. The molecule has 0 heterocycles. The number of ether oxygens (including phenoxy) is 6. The van der Waals surface area contributed by atoms with Crippen LogP contribution in [0.1, 0.15) is 144 Å². The monoisotopic (exact) mass is 1550 g/mol. The van der Waals surface area contributed by atoms with Gasteiger partial charge in [0.2, 0.25) is 0 Å². The molecule has 6 spiro atoms. The van der Waals surface area contributed by atoms with E-state index < -0.39 is 84.6 Å². The molecule has 15 aliphatic rings. The van der Waals surface area contributed by atoms with Gasteiger partial charge >= 0.3 is 35.8 Å². The molecule has 12 nitrogen and oxygen atoms in total. The lowest BCUT2D eigenvalue weighted by Crippen LogP contribution is -2.39. The molecule has 0 saturated heterocycles. The Morgan fingerprint density at radius 2 is 0.371 bits per heavy atom. The Balaban J connectivity index is 0.882. The summed E-state index contributed by atoms with van der Waals surface area (Å²) in [5, 5.41) is 45.0. The van der Waals surface area contributed by atoms with E-state index in [4.69, 9.17) is 28.4 Å². The van der Waals surface area contributed by atoms with Crippen LogP contribution in [-0.2, 0) is 89.7 Å². The van der Waals surface area contributed by atoms with E-state index in [1.54, 1.807) is 0 Å². The molecule has 0 aliphatic heterocycles. The number of alkyl halides is 3. The second kappa shape index (κ2) is 13.6. The summed E-state index contributed by atoms with van der Waals surface area (Å²) in [5.74, 6) is -3.73. The summed E-state index contributed by atoms with van der Waals surface area (Å²) in [6, 6.07) is 0. The number of hydrogen-bond donors (Lipinski definition) is 0. The summed E-state index contributed by atoms with van der Waals surface area (Å²) in [6.07, 6.45) is 9.99. The molecule has 15 aliphatic carbocycles. The number of carbonyl (C=O) groups is 6. The molecule has 0 aromatic heterocycles. The first-order valence-corrected chi connectivity index (χ1v) is 41.7.